The van der Waals surface area contributed by atoms with Gasteiger partial charge in [0.25, 0.3) is 0 Å². The Bertz CT molecular complexity index is 323. The van der Waals surface area contributed by atoms with E-state index in [9.17, 15) is 9.90 Å². The van der Waals surface area contributed by atoms with E-state index in [4.69, 9.17) is 4.74 Å². The number of hydrogen-bond donors (Lipinski definition) is 1. The van der Waals surface area contributed by atoms with Crippen LogP contribution in [0.25, 0.3) is 0 Å². The van der Waals surface area contributed by atoms with Crippen LogP contribution in [0.15, 0.2) is 0 Å². The number of carbonyl (C=O) groups excluding carboxylic acids is 1. The van der Waals surface area contributed by atoms with Gasteiger partial charge >= 0.3 is 6.09 Å². The number of aliphatic hydroxyl groups excluding tert-OH is 1. The van der Waals surface area contributed by atoms with Gasteiger partial charge in [0.1, 0.15) is 5.60 Å². The molecular weight excluding hydrogens is 230 g/mol. The molecule has 1 N–H and O–H groups in total. The van der Waals surface area contributed by atoms with Crippen molar-refractivity contribution >= 4 is 6.09 Å². The summed E-state index contributed by atoms with van der Waals surface area (Å²) in [4.78, 5) is 14.1. The molecule has 1 saturated heterocycles. The molecule has 0 aromatic heterocycles. The van der Waals surface area contributed by atoms with Crippen molar-refractivity contribution in [3.8, 4) is 0 Å². The van der Waals surface area contributed by atoms with Crippen molar-refractivity contribution in [3.63, 3.8) is 0 Å². The quantitative estimate of drug-likeness (QED) is 0.783. The molecule has 104 valence electrons. The summed E-state index contributed by atoms with van der Waals surface area (Å²) in [6, 6.07) is 0.172. The number of likely N-dealkylation sites (tertiary alicyclic amines) is 1. The van der Waals surface area contributed by atoms with Crippen molar-refractivity contribution in [1.29, 1.82) is 0 Å². The molecule has 0 aromatic rings. The fourth-order valence-electron chi connectivity index (χ4n) is 3.46. The summed E-state index contributed by atoms with van der Waals surface area (Å²) in [7, 11) is 0. The molecule has 1 saturated carbocycles. The van der Waals surface area contributed by atoms with E-state index in [1.807, 2.05) is 25.7 Å². The molecule has 2 fully saturated rings. The second-order valence-electron chi connectivity index (χ2n) is 6.71. The average molecular weight is 255 g/mol. The SMILES string of the molecule is CC(C)(C)OC(=O)N1CCCC2(CO)CCCC12. The standard InChI is InChI=1S/C14H25NO3/c1-13(2,3)18-12(17)15-9-5-8-14(10-16)7-4-6-11(14)15/h11,16H,4-10H2,1-3H3. The van der Waals surface area contributed by atoms with Gasteiger partial charge in [0.05, 0.1) is 6.61 Å². The van der Waals surface area contributed by atoms with Gasteiger partial charge in [-0.15, -0.1) is 0 Å². The van der Waals surface area contributed by atoms with Gasteiger partial charge in [-0.1, -0.05) is 6.42 Å². The topological polar surface area (TPSA) is 49.8 Å². The monoisotopic (exact) mass is 255 g/mol. The molecule has 2 atom stereocenters. The van der Waals surface area contributed by atoms with Crippen LogP contribution < -0.4 is 0 Å². The molecule has 4 heteroatoms. The Morgan fingerprint density at radius 3 is 2.67 bits per heavy atom. The fourth-order valence-corrected chi connectivity index (χ4v) is 3.46. The van der Waals surface area contributed by atoms with E-state index in [0.717, 1.165) is 38.6 Å². The molecule has 2 aliphatic rings. The lowest BCUT2D eigenvalue weighted by Gasteiger charge is -2.45. The molecule has 0 spiro atoms. The highest BCUT2D eigenvalue weighted by atomic mass is 16.6. The van der Waals surface area contributed by atoms with Crippen molar-refractivity contribution in [2.24, 2.45) is 5.41 Å². The number of ether oxygens (including phenoxy) is 1. The normalized spacial score (nSPS) is 32.2. The summed E-state index contributed by atoms with van der Waals surface area (Å²) >= 11 is 0. The third-order valence-electron chi connectivity index (χ3n) is 4.25. The summed E-state index contributed by atoms with van der Waals surface area (Å²) in [5.74, 6) is 0. The van der Waals surface area contributed by atoms with Crippen molar-refractivity contribution in [3.05, 3.63) is 0 Å². The highest BCUT2D eigenvalue weighted by Gasteiger charge is 2.49. The molecule has 0 bridgehead atoms. The summed E-state index contributed by atoms with van der Waals surface area (Å²) in [5.41, 5.74) is -0.510. The fraction of sp³-hybridized carbons (Fsp3) is 0.929. The lowest BCUT2D eigenvalue weighted by atomic mass is 9.76. The number of piperidine rings is 1. The number of amides is 1. The third-order valence-corrected chi connectivity index (χ3v) is 4.25. The first kappa shape index (κ1) is 13.7. The maximum Gasteiger partial charge on any atom is 0.410 e. The molecule has 1 amide bonds. The largest absolute Gasteiger partial charge is 0.444 e. The first-order valence-corrected chi connectivity index (χ1v) is 6.98. The second kappa shape index (κ2) is 4.72. The Hall–Kier alpha value is -0.770. The Morgan fingerprint density at radius 1 is 1.39 bits per heavy atom. The predicted octanol–water partition coefficient (Wildman–Crippen LogP) is 2.55. The number of rotatable bonds is 1. The van der Waals surface area contributed by atoms with E-state index < -0.39 is 5.60 Å². The Morgan fingerprint density at radius 2 is 2.06 bits per heavy atom. The lowest BCUT2D eigenvalue weighted by molar-refractivity contribution is -0.0308. The highest BCUT2D eigenvalue weighted by Crippen LogP contribution is 2.47. The zero-order valence-corrected chi connectivity index (χ0v) is 11.7. The van der Waals surface area contributed by atoms with Gasteiger partial charge < -0.3 is 14.7 Å². The van der Waals surface area contributed by atoms with E-state index >= 15 is 0 Å². The van der Waals surface area contributed by atoms with Crippen molar-refractivity contribution in [1.82, 2.24) is 4.90 Å². The van der Waals surface area contributed by atoms with Crippen LogP contribution in [-0.4, -0.2) is 40.9 Å². The third kappa shape index (κ3) is 2.48. The highest BCUT2D eigenvalue weighted by molar-refractivity contribution is 5.69. The van der Waals surface area contributed by atoms with Gasteiger partial charge in [-0.2, -0.15) is 0 Å². The van der Waals surface area contributed by atoms with Crippen molar-refractivity contribution in [2.45, 2.75) is 64.5 Å². The number of aliphatic hydroxyl groups is 1. The molecule has 1 aliphatic heterocycles. The average Bonchev–Trinajstić information content (AvgIpc) is 2.70. The van der Waals surface area contributed by atoms with Gasteiger partial charge in [0.15, 0.2) is 0 Å². The zero-order chi connectivity index (χ0) is 13.4. The van der Waals surface area contributed by atoms with Gasteiger partial charge in [-0.25, -0.2) is 4.79 Å². The minimum Gasteiger partial charge on any atom is -0.444 e. The Kier molecular flexibility index (Phi) is 3.58. The molecule has 1 heterocycles. The minimum absolute atomic E-state index is 0.0604. The maximum absolute atomic E-state index is 12.2. The molecule has 1 aliphatic carbocycles. The molecule has 0 aromatic carbocycles. The van der Waals surface area contributed by atoms with Gasteiger partial charge in [0, 0.05) is 18.0 Å². The number of nitrogens with zero attached hydrogens (tertiary/aromatic N) is 1. The predicted molar refractivity (Wildman–Crippen MR) is 69.3 cm³/mol. The summed E-state index contributed by atoms with van der Waals surface area (Å²) in [6.07, 6.45) is 4.92. The number of hydrogen-bond acceptors (Lipinski definition) is 3. The molecule has 4 nitrogen and oxygen atoms in total. The summed E-state index contributed by atoms with van der Waals surface area (Å²) in [6.45, 7) is 6.63. The molecule has 2 rings (SSSR count). The van der Waals surface area contributed by atoms with Crippen LogP contribution in [0.2, 0.25) is 0 Å². The van der Waals surface area contributed by atoms with E-state index in [1.165, 1.54) is 0 Å². The smallest absolute Gasteiger partial charge is 0.410 e. The van der Waals surface area contributed by atoms with E-state index in [2.05, 4.69) is 0 Å². The minimum atomic E-state index is -0.449. The summed E-state index contributed by atoms with van der Waals surface area (Å²) in [5, 5.41) is 9.71. The van der Waals surface area contributed by atoms with Crippen LogP contribution in [0.3, 0.4) is 0 Å². The van der Waals surface area contributed by atoms with Gasteiger partial charge in [0.2, 0.25) is 0 Å². The molecular formula is C14H25NO3. The maximum atomic E-state index is 12.2. The number of fused-ring (bicyclic) bond motifs is 1. The summed E-state index contributed by atoms with van der Waals surface area (Å²) < 4.78 is 5.48. The molecule has 2 unspecified atom stereocenters. The lowest BCUT2D eigenvalue weighted by Crippen LogP contribution is -2.54. The zero-order valence-electron chi connectivity index (χ0n) is 11.7. The van der Waals surface area contributed by atoms with Gasteiger partial charge in [-0.3, -0.25) is 0 Å². The van der Waals surface area contributed by atoms with Crippen molar-refractivity contribution < 1.29 is 14.6 Å². The Labute approximate surface area is 109 Å². The van der Waals surface area contributed by atoms with E-state index in [1.54, 1.807) is 0 Å². The number of carbonyl (C=O) groups is 1. The second-order valence-corrected chi connectivity index (χ2v) is 6.71. The van der Waals surface area contributed by atoms with Gasteiger partial charge in [-0.05, 0) is 46.5 Å². The van der Waals surface area contributed by atoms with E-state index in [0.29, 0.717) is 0 Å². The first-order chi connectivity index (χ1) is 8.38. The van der Waals surface area contributed by atoms with Crippen LogP contribution in [0.4, 0.5) is 4.79 Å². The van der Waals surface area contributed by atoms with Crippen LogP contribution >= 0.6 is 0 Å². The van der Waals surface area contributed by atoms with Crippen LogP contribution in [0.1, 0.15) is 52.9 Å². The molecule has 0 radical (unpaired) electrons. The molecule has 18 heavy (non-hydrogen) atoms. The Balaban J connectivity index is 2.11. The van der Waals surface area contributed by atoms with Crippen LogP contribution in [0, 0.1) is 5.41 Å². The van der Waals surface area contributed by atoms with Crippen molar-refractivity contribution in [2.75, 3.05) is 13.2 Å². The van der Waals surface area contributed by atoms with E-state index in [-0.39, 0.29) is 24.2 Å². The first-order valence-electron chi connectivity index (χ1n) is 6.98. The van der Waals surface area contributed by atoms with Crippen LogP contribution in [0.5, 0.6) is 0 Å². The van der Waals surface area contributed by atoms with Crippen LogP contribution in [-0.2, 0) is 4.74 Å².